The molecule has 0 radical (unpaired) electrons. The summed E-state index contributed by atoms with van der Waals surface area (Å²) in [5, 5.41) is 5.39. The van der Waals surface area contributed by atoms with Gasteiger partial charge in [0, 0.05) is 10.0 Å². The number of carbonyl (C=O) groups is 3. The molecule has 0 bridgehead atoms. The zero-order valence-electron chi connectivity index (χ0n) is 15.3. The minimum absolute atomic E-state index is 0.368. The third-order valence-electron chi connectivity index (χ3n) is 4.74. The second kappa shape index (κ2) is 7.71. The molecule has 1 aliphatic rings. The monoisotopic (exact) mass is 447 g/mol. The third kappa shape index (κ3) is 3.77. The van der Waals surface area contributed by atoms with Gasteiger partial charge in [-0.15, -0.1) is 0 Å². The van der Waals surface area contributed by atoms with Crippen molar-refractivity contribution in [1.82, 2.24) is 15.5 Å². The number of nitrogens with zero attached hydrogens (tertiary/aromatic N) is 1. The van der Waals surface area contributed by atoms with Gasteiger partial charge in [0.05, 0.1) is 6.04 Å². The van der Waals surface area contributed by atoms with Gasteiger partial charge < -0.3 is 10.6 Å². The number of carbonyl (C=O) groups excluding carboxylic acids is 3. The number of hydrogen-bond donors (Lipinski definition) is 2. The van der Waals surface area contributed by atoms with E-state index in [-0.39, 0.29) is 5.82 Å². The molecule has 3 rings (SSSR count). The first-order valence-corrected chi connectivity index (χ1v) is 9.45. The van der Waals surface area contributed by atoms with Crippen LogP contribution < -0.4 is 10.6 Å². The summed E-state index contributed by atoms with van der Waals surface area (Å²) < 4.78 is 13.7. The minimum Gasteiger partial charge on any atom is -0.348 e. The van der Waals surface area contributed by atoms with Crippen LogP contribution in [0.3, 0.4) is 0 Å². The van der Waals surface area contributed by atoms with E-state index in [1.165, 1.54) is 12.1 Å². The van der Waals surface area contributed by atoms with Crippen LogP contribution in [0.1, 0.15) is 31.0 Å². The maximum atomic E-state index is 13.0. The van der Waals surface area contributed by atoms with E-state index in [4.69, 9.17) is 0 Å². The molecule has 2 atom stereocenters. The van der Waals surface area contributed by atoms with Gasteiger partial charge in [-0.2, -0.15) is 0 Å². The summed E-state index contributed by atoms with van der Waals surface area (Å²) in [6, 6.07) is 11.8. The topological polar surface area (TPSA) is 78.5 Å². The van der Waals surface area contributed by atoms with Crippen molar-refractivity contribution in [1.29, 1.82) is 0 Å². The molecular formula is C20H19BrFN3O3. The normalized spacial score (nSPS) is 20.1. The van der Waals surface area contributed by atoms with Crippen molar-refractivity contribution < 1.29 is 18.8 Å². The maximum Gasteiger partial charge on any atom is 0.325 e. The Labute approximate surface area is 170 Å². The maximum absolute atomic E-state index is 13.0. The van der Waals surface area contributed by atoms with Gasteiger partial charge in [-0.25, -0.2) is 9.18 Å². The average Bonchev–Trinajstić information content (AvgIpc) is 2.86. The summed E-state index contributed by atoms with van der Waals surface area (Å²) >= 11 is 3.40. The fraction of sp³-hybridized carbons (Fsp3) is 0.250. The standard InChI is InChI=1S/C20H19BrFN3O3/c1-12(13-7-9-14(22)10-8-13)23-17(26)11-25-18(27)20(2,24-19(25)28)15-5-3-4-6-16(15)21/h3-10,12H,11H2,1-2H3,(H,23,26)(H,24,28). The highest BCUT2D eigenvalue weighted by molar-refractivity contribution is 9.10. The summed E-state index contributed by atoms with van der Waals surface area (Å²) in [7, 11) is 0. The van der Waals surface area contributed by atoms with Crippen molar-refractivity contribution in [2.75, 3.05) is 6.54 Å². The van der Waals surface area contributed by atoms with Gasteiger partial charge in [0.2, 0.25) is 5.91 Å². The highest BCUT2D eigenvalue weighted by atomic mass is 79.9. The number of nitrogens with one attached hydrogen (secondary N) is 2. The molecule has 0 spiro atoms. The Bertz CT molecular complexity index is 935. The predicted molar refractivity (Wildman–Crippen MR) is 105 cm³/mol. The molecule has 0 aromatic heterocycles. The van der Waals surface area contributed by atoms with Crippen LogP contribution in [-0.2, 0) is 15.1 Å². The van der Waals surface area contributed by atoms with E-state index in [1.807, 2.05) is 0 Å². The molecule has 1 saturated heterocycles. The lowest BCUT2D eigenvalue weighted by molar-refractivity contribution is -0.135. The second-order valence-corrected chi connectivity index (χ2v) is 7.62. The molecule has 2 aromatic rings. The van der Waals surface area contributed by atoms with Crippen molar-refractivity contribution in [3.05, 3.63) is 69.9 Å². The lowest BCUT2D eigenvalue weighted by Gasteiger charge is -2.23. The fourth-order valence-electron chi connectivity index (χ4n) is 3.16. The summed E-state index contributed by atoms with van der Waals surface area (Å²) in [4.78, 5) is 38.6. The van der Waals surface area contributed by atoms with Crippen LogP contribution in [0.25, 0.3) is 0 Å². The van der Waals surface area contributed by atoms with Gasteiger partial charge in [-0.05, 0) is 37.6 Å². The summed E-state index contributed by atoms with van der Waals surface area (Å²) in [5.41, 5.74) is 0.0565. The Hall–Kier alpha value is -2.74. The van der Waals surface area contributed by atoms with Gasteiger partial charge in [-0.3, -0.25) is 14.5 Å². The molecule has 146 valence electrons. The van der Waals surface area contributed by atoms with Crippen molar-refractivity contribution in [3.8, 4) is 0 Å². The van der Waals surface area contributed by atoms with E-state index < -0.39 is 36.0 Å². The molecule has 0 aliphatic carbocycles. The molecule has 2 N–H and O–H groups in total. The Morgan fingerprint density at radius 1 is 1.21 bits per heavy atom. The fourth-order valence-corrected chi connectivity index (χ4v) is 3.84. The van der Waals surface area contributed by atoms with Gasteiger partial charge in [0.1, 0.15) is 17.9 Å². The first kappa shape index (κ1) is 20.0. The first-order valence-electron chi connectivity index (χ1n) is 8.66. The quantitative estimate of drug-likeness (QED) is 0.690. The number of rotatable bonds is 5. The number of benzene rings is 2. The largest absolute Gasteiger partial charge is 0.348 e. The van der Waals surface area contributed by atoms with Crippen molar-refractivity contribution in [2.45, 2.75) is 25.4 Å². The number of halogens is 2. The van der Waals surface area contributed by atoms with Crippen LogP contribution in [0.5, 0.6) is 0 Å². The smallest absolute Gasteiger partial charge is 0.325 e. The molecule has 1 aliphatic heterocycles. The molecule has 1 heterocycles. The first-order chi connectivity index (χ1) is 13.2. The van der Waals surface area contributed by atoms with E-state index in [9.17, 15) is 18.8 Å². The van der Waals surface area contributed by atoms with Gasteiger partial charge in [-0.1, -0.05) is 46.3 Å². The molecule has 2 unspecified atom stereocenters. The zero-order valence-corrected chi connectivity index (χ0v) is 16.9. The third-order valence-corrected chi connectivity index (χ3v) is 5.43. The molecule has 1 fully saturated rings. The number of imide groups is 1. The lowest BCUT2D eigenvalue weighted by atomic mass is 9.92. The van der Waals surface area contributed by atoms with Crippen molar-refractivity contribution in [2.24, 2.45) is 0 Å². The summed E-state index contributed by atoms with van der Waals surface area (Å²) in [5.74, 6) is -1.36. The van der Waals surface area contributed by atoms with Crippen molar-refractivity contribution >= 4 is 33.8 Å². The Balaban J connectivity index is 1.71. The molecule has 6 nitrogen and oxygen atoms in total. The second-order valence-electron chi connectivity index (χ2n) is 6.77. The predicted octanol–water partition coefficient (Wildman–Crippen LogP) is 3.23. The molecule has 4 amide bonds. The van der Waals surface area contributed by atoms with Gasteiger partial charge in [0.25, 0.3) is 5.91 Å². The number of urea groups is 1. The lowest BCUT2D eigenvalue weighted by Crippen LogP contribution is -2.43. The van der Waals surface area contributed by atoms with Crippen LogP contribution in [0.4, 0.5) is 9.18 Å². The van der Waals surface area contributed by atoms with E-state index in [1.54, 1.807) is 50.2 Å². The highest BCUT2D eigenvalue weighted by Crippen LogP contribution is 2.33. The van der Waals surface area contributed by atoms with Crippen LogP contribution >= 0.6 is 15.9 Å². The van der Waals surface area contributed by atoms with E-state index in [2.05, 4.69) is 26.6 Å². The van der Waals surface area contributed by atoms with Gasteiger partial charge >= 0.3 is 6.03 Å². The number of hydrogen-bond acceptors (Lipinski definition) is 3. The highest BCUT2D eigenvalue weighted by Gasteiger charge is 2.50. The zero-order chi connectivity index (χ0) is 20.5. The summed E-state index contributed by atoms with van der Waals surface area (Å²) in [6.45, 7) is 2.94. The Kier molecular flexibility index (Phi) is 5.51. The van der Waals surface area contributed by atoms with E-state index >= 15 is 0 Å². The van der Waals surface area contributed by atoms with Crippen LogP contribution in [0.2, 0.25) is 0 Å². The minimum atomic E-state index is -1.26. The van der Waals surface area contributed by atoms with Crippen LogP contribution in [-0.4, -0.2) is 29.3 Å². The Morgan fingerprint density at radius 3 is 2.50 bits per heavy atom. The molecule has 8 heteroatoms. The van der Waals surface area contributed by atoms with E-state index in [0.29, 0.717) is 15.6 Å². The number of amides is 4. The van der Waals surface area contributed by atoms with Gasteiger partial charge in [0.15, 0.2) is 0 Å². The Morgan fingerprint density at radius 2 is 1.86 bits per heavy atom. The molecule has 28 heavy (non-hydrogen) atoms. The molecular weight excluding hydrogens is 429 g/mol. The molecule has 2 aromatic carbocycles. The summed E-state index contributed by atoms with van der Waals surface area (Å²) in [6.07, 6.45) is 0. The molecule has 0 saturated carbocycles. The SMILES string of the molecule is CC(NC(=O)CN1C(=O)NC(C)(c2ccccc2Br)C1=O)c1ccc(F)cc1. The average molecular weight is 448 g/mol. The van der Waals surface area contributed by atoms with Crippen LogP contribution in [0, 0.1) is 5.82 Å². The van der Waals surface area contributed by atoms with Crippen LogP contribution in [0.15, 0.2) is 53.0 Å². The van der Waals surface area contributed by atoms with E-state index in [0.717, 1.165) is 4.90 Å². The van der Waals surface area contributed by atoms with Crippen molar-refractivity contribution in [3.63, 3.8) is 0 Å².